The Balaban J connectivity index is 1.85. The van der Waals surface area contributed by atoms with Crippen LogP contribution in [-0.2, 0) is 6.42 Å². The van der Waals surface area contributed by atoms with E-state index >= 15 is 0 Å². The van der Waals surface area contributed by atoms with Crippen molar-refractivity contribution in [3.63, 3.8) is 0 Å². The van der Waals surface area contributed by atoms with E-state index in [1.807, 2.05) is 0 Å². The van der Waals surface area contributed by atoms with Gasteiger partial charge in [0.1, 0.15) is 0 Å². The van der Waals surface area contributed by atoms with Gasteiger partial charge in [-0.2, -0.15) is 0 Å². The van der Waals surface area contributed by atoms with E-state index in [0.717, 1.165) is 24.3 Å². The highest BCUT2D eigenvalue weighted by Crippen LogP contribution is 2.41. The van der Waals surface area contributed by atoms with Crippen LogP contribution in [-0.4, -0.2) is 6.54 Å². The third-order valence-electron chi connectivity index (χ3n) is 4.84. The molecule has 0 saturated heterocycles. The lowest BCUT2D eigenvalue weighted by molar-refractivity contribution is 0.173. The lowest BCUT2D eigenvalue weighted by atomic mass is 9.71. The molecule has 1 aromatic carbocycles. The monoisotopic (exact) mass is 243 g/mol. The summed E-state index contributed by atoms with van der Waals surface area (Å²) in [5, 5.41) is 3.79. The summed E-state index contributed by atoms with van der Waals surface area (Å²) in [6.07, 6.45) is 5.42. The topological polar surface area (TPSA) is 12.0 Å². The fourth-order valence-electron chi connectivity index (χ4n) is 4.24. The number of hydrogen-bond acceptors (Lipinski definition) is 1. The molecule has 1 nitrogen and oxygen atoms in total. The van der Waals surface area contributed by atoms with Crippen LogP contribution in [0.2, 0.25) is 0 Å². The van der Waals surface area contributed by atoms with Crippen molar-refractivity contribution in [2.24, 2.45) is 17.8 Å². The molecule has 3 atom stereocenters. The summed E-state index contributed by atoms with van der Waals surface area (Å²) in [6.45, 7) is 6.01. The second-order valence-corrected chi connectivity index (χ2v) is 6.56. The van der Waals surface area contributed by atoms with Crippen molar-refractivity contribution in [2.45, 2.75) is 45.6 Å². The molecule has 1 saturated carbocycles. The summed E-state index contributed by atoms with van der Waals surface area (Å²) < 4.78 is 0. The van der Waals surface area contributed by atoms with Gasteiger partial charge in [0.25, 0.3) is 0 Å². The van der Waals surface area contributed by atoms with Crippen molar-refractivity contribution in [1.82, 2.24) is 5.32 Å². The van der Waals surface area contributed by atoms with Gasteiger partial charge in [-0.3, -0.25) is 0 Å². The van der Waals surface area contributed by atoms with E-state index in [1.165, 1.54) is 25.7 Å². The highest BCUT2D eigenvalue weighted by molar-refractivity contribution is 5.33. The Morgan fingerprint density at radius 2 is 1.72 bits per heavy atom. The van der Waals surface area contributed by atoms with Crippen LogP contribution in [0, 0.1) is 17.8 Å². The molecular formula is C17H25N. The van der Waals surface area contributed by atoms with E-state index in [0.29, 0.717) is 6.04 Å². The van der Waals surface area contributed by atoms with Crippen molar-refractivity contribution in [1.29, 1.82) is 0 Å². The quantitative estimate of drug-likeness (QED) is 0.787. The maximum atomic E-state index is 3.79. The molecule has 1 heteroatoms. The molecule has 18 heavy (non-hydrogen) atoms. The van der Waals surface area contributed by atoms with Crippen LogP contribution in [0.25, 0.3) is 0 Å². The van der Waals surface area contributed by atoms with Gasteiger partial charge in [0, 0.05) is 6.04 Å². The van der Waals surface area contributed by atoms with E-state index in [4.69, 9.17) is 0 Å². The predicted octanol–water partition coefficient (Wildman–Crippen LogP) is 3.95. The number of fused-ring (bicyclic) bond motifs is 1. The molecule has 0 amide bonds. The first-order valence-corrected chi connectivity index (χ1v) is 7.55. The van der Waals surface area contributed by atoms with Gasteiger partial charge in [0.05, 0.1) is 0 Å². The number of nitrogens with one attached hydrogen (secondary N) is 1. The van der Waals surface area contributed by atoms with Crippen molar-refractivity contribution in [3.05, 3.63) is 35.4 Å². The molecule has 1 aliphatic heterocycles. The van der Waals surface area contributed by atoms with Gasteiger partial charge in [-0.25, -0.2) is 0 Å². The van der Waals surface area contributed by atoms with E-state index in [2.05, 4.69) is 43.4 Å². The Hall–Kier alpha value is -0.820. The molecule has 1 N–H and O–H groups in total. The maximum absolute atomic E-state index is 3.79. The van der Waals surface area contributed by atoms with Crippen LogP contribution < -0.4 is 5.32 Å². The molecule has 3 rings (SSSR count). The van der Waals surface area contributed by atoms with E-state index < -0.39 is 0 Å². The van der Waals surface area contributed by atoms with Gasteiger partial charge in [0.2, 0.25) is 0 Å². The van der Waals surface area contributed by atoms with Gasteiger partial charge in [-0.05, 0) is 61.1 Å². The van der Waals surface area contributed by atoms with Crippen molar-refractivity contribution < 1.29 is 0 Å². The van der Waals surface area contributed by atoms with E-state index in [1.54, 1.807) is 11.1 Å². The third-order valence-corrected chi connectivity index (χ3v) is 4.84. The van der Waals surface area contributed by atoms with E-state index in [9.17, 15) is 0 Å². The molecule has 1 heterocycles. The molecule has 2 aliphatic rings. The van der Waals surface area contributed by atoms with Crippen molar-refractivity contribution >= 4 is 0 Å². The Morgan fingerprint density at radius 1 is 1.00 bits per heavy atom. The van der Waals surface area contributed by atoms with Gasteiger partial charge in [-0.15, -0.1) is 0 Å². The number of hydrogen-bond donors (Lipinski definition) is 1. The Labute approximate surface area is 111 Å². The van der Waals surface area contributed by atoms with Crippen molar-refractivity contribution in [3.8, 4) is 0 Å². The smallest absolute Gasteiger partial charge is 0.0351 e. The van der Waals surface area contributed by atoms with Gasteiger partial charge in [-0.1, -0.05) is 38.1 Å². The summed E-state index contributed by atoms with van der Waals surface area (Å²) in [4.78, 5) is 0. The second kappa shape index (κ2) is 5.05. The zero-order valence-corrected chi connectivity index (χ0v) is 11.7. The molecular weight excluding hydrogens is 218 g/mol. The number of rotatable bonds is 1. The standard InChI is InChI=1S/C17H25N/c1-12-9-13(2)11-15(10-12)17-16-6-4-3-5-14(16)7-8-18-17/h3-6,12-13,15,17-18H,7-11H2,1-2H3. The first kappa shape index (κ1) is 12.2. The summed E-state index contributed by atoms with van der Waals surface area (Å²) in [7, 11) is 0. The molecule has 0 spiro atoms. The van der Waals surface area contributed by atoms with Crippen LogP contribution in [0.5, 0.6) is 0 Å². The maximum Gasteiger partial charge on any atom is 0.0351 e. The minimum absolute atomic E-state index is 0.611. The fourth-order valence-corrected chi connectivity index (χ4v) is 4.24. The zero-order chi connectivity index (χ0) is 12.5. The van der Waals surface area contributed by atoms with Gasteiger partial charge < -0.3 is 5.32 Å². The molecule has 0 bridgehead atoms. The summed E-state index contributed by atoms with van der Waals surface area (Å²) in [5.41, 5.74) is 3.15. The van der Waals surface area contributed by atoms with Crippen LogP contribution in [0.4, 0.5) is 0 Å². The Morgan fingerprint density at radius 3 is 2.50 bits per heavy atom. The average Bonchev–Trinajstić information content (AvgIpc) is 2.37. The minimum atomic E-state index is 0.611. The molecule has 3 unspecified atom stereocenters. The number of benzene rings is 1. The lowest BCUT2D eigenvalue weighted by Gasteiger charge is -2.39. The van der Waals surface area contributed by atoms with Crippen LogP contribution in [0.3, 0.4) is 0 Å². The molecule has 1 aliphatic carbocycles. The zero-order valence-electron chi connectivity index (χ0n) is 11.7. The third kappa shape index (κ3) is 2.33. The Bertz CT molecular complexity index is 402. The first-order valence-electron chi connectivity index (χ1n) is 7.55. The van der Waals surface area contributed by atoms with Gasteiger partial charge >= 0.3 is 0 Å². The summed E-state index contributed by atoms with van der Waals surface area (Å²) in [5.74, 6) is 2.63. The molecule has 98 valence electrons. The highest BCUT2D eigenvalue weighted by Gasteiger charge is 2.32. The van der Waals surface area contributed by atoms with Gasteiger partial charge in [0.15, 0.2) is 0 Å². The summed E-state index contributed by atoms with van der Waals surface area (Å²) in [6, 6.07) is 9.66. The van der Waals surface area contributed by atoms with E-state index in [-0.39, 0.29) is 0 Å². The normalized spacial score (nSPS) is 36.1. The predicted molar refractivity (Wildman–Crippen MR) is 76.6 cm³/mol. The summed E-state index contributed by atoms with van der Waals surface area (Å²) >= 11 is 0. The van der Waals surface area contributed by atoms with Crippen molar-refractivity contribution in [2.75, 3.05) is 6.54 Å². The lowest BCUT2D eigenvalue weighted by Crippen LogP contribution is -2.37. The fraction of sp³-hybridized carbons (Fsp3) is 0.647. The van der Waals surface area contributed by atoms with Crippen LogP contribution in [0.15, 0.2) is 24.3 Å². The second-order valence-electron chi connectivity index (χ2n) is 6.56. The largest absolute Gasteiger partial charge is 0.309 e. The molecule has 1 fully saturated rings. The molecule has 0 aromatic heterocycles. The molecule has 1 aromatic rings. The van der Waals surface area contributed by atoms with Crippen LogP contribution >= 0.6 is 0 Å². The highest BCUT2D eigenvalue weighted by atomic mass is 14.9. The first-order chi connectivity index (χ1) is 8.74. The SMILES string of the molecule is CC1CC(C)CC(C2NCCc3ccccc32)C1. The Kier molecular flexibility index (Phi) is 3.43. The minimum Gasteiger partial charge on any atom is -0.309 e. The van der Waals surface area contributed by atoms with Crippen LogP contribution in [0.1, 0.15) is 50.3 Å². The molecule has 0 radical (unpaired) electrons. The average molecular weight is 243 g/mol.